The van der Waals surface area contributed by atoms with Crippen molar-refractivity contribution >= 4 is 10.9 Å². The molecule has 0 bridgehead atoms. The average molecular weight is 363 g/mol. The molecule has 28 heavy (non-hydrogen) atoms. The molecule has 0 saturated carbocycles. The van der Waals surface area contributed by atoms with E-state index in [0.717, 1.165) is 39.3 Å². The molecule has 0 aliphatic carbocycles. The Morgan fingerprint density at radius 1 is 0.750 bits per heavy atom. The van der Waals surface area contributed by atoms with E-state index in [-0.39, 0.29) is 0 Å². The molecule has 0 N–H and O–H groups in total. The molecule has 0 spiro atoms. The highest BCUT2D eigenvalue weighted by Crippen LogP contribution is 2.26. The Kier molecular flexibility index (Phi) is 4.07. The van der Waals surface area contributed by atoms with Gasteiger partial charge in [-0.1, -0.05) is 24.3 Å². The van der Waals surface area contributed by atoms with Crippen LogP contribution in [0.1, 0.15) is 0 Å². The third kappa shape index (κ3) is 3.23. The van der Waals surface area contributed by atoms with Gasteiger partial charge < -0.3 is 9.30 Å². The third-order valence-electron chi connectivity index (χ3n) is 4.60. The van der Waals surface area contributed by atoms with Crippen LogP contribution >= 0.6 is 0 Å². The molecular weight excluding hydrogens is 346 g/mol. The normalized spacial score (nSPS) is 10.9. The van der Waals surface area contributed by atoms with Gasteiger partial charge in [-0.05, 0) is 60.7 Å². The van der Waals surface area contributed by atoms with E-state index in [2.05, 4.69) is 23.2 Å². The molecule has 0 atom stereocenters. The van der Waals surface area contributed by atoms with Gasteiger partial charge in [-0.2, -0.15) is 0 Å². The van der Waals surface area contributed by atoms with E-state index in [1.807, 2.05) is 77.5 Å². The Bertz CT molecular complexity index is 1210. The van der Waals surface area contributed by atoms with Crippen molar-refractivity contribution in [2.24, 2.45) is 0 Å². The molecule has 0 aliphatic heterocycles. The van der Waals surface area contributed by atoms with Crippen molar-refractivity contribution < 1.29 is 4.74 Å². The zero-order chi connectivity index (χ0) is 18.8. The fraction of sp³-hybridized carbons (Fsp3) is 0. The number of hydrogen-bond acceptors (Lipinski definition) is 3. The molecule has 4 heteroatoms. The molecule has 2 heterocycles. The number of para-hydroxylation sites is 1. The van der Waals surface area contributed by atoms with Gasteiger partial charge in [0.2, 0.25) is 0 Å². The van der Waals surface area contributed by atoms with E-state index in [0.29, 0.717) is 0 Å². The van der Waals surface area contributed by atoms with Gasteiger partial charge in [0, 0.05) is 29.0 Å². The van der Waals surface area contributed by atoms with Gasteiger partial charge in [0.05, 0.1) is 17.5 Å². The van der Waals surface area contributed by atoms with Crippen molar-refractivity contribution in [2.45, 2.75) is 0 Å². The standard InChI is InChI=1S/C24H17N3O/c1-2-4-21(5-3-1)28-22-10-6-18(7-11-22)23-12-8-19-16-20(9-13-24(19)26-23)27-15-14-25-17-27/h1-17H. The highest BCUT2D eigenvalue weighted by molar-refractivity contribution is 5.83. The summed E-state index contributed by atoms with van der Waals surface area (Å²) in [4.78, 5) is 8.92. The number of aromatic nitrogens is 3. The molecule has 0 fully saturated rings. The monoisotopic (exact) mass is 363 g/mol. The van der Waals surface area contributed by atoms with E-state index in [1.54, 1.807) is 12.5 Å². The summed E-state index contributed by atoms with van der Waals surface area (Å²) in [6, 6.07) is 28.1. The molecule has 0 radical (unpaired) electrons. The highest BCUT2D eigenvalue weighted by atomic mass is 16.5. The summed E-state index contributed by atoms with van der Waals surface area (Å²) in [7, 11) is 0. The van der Waals surface area contributed by atoms with Crippen molar-refractivity contribution in [2.75, 3.05) is 0 Å². The summed E-state index contributed by atoms with van der Waals surface area (Å²) in [6.07, 6.45) is 5.50. The quantitative estimate of drug-likeness (QED) is 0.400. The van der Waals surface area contributed by atoms with Gasteiger partial charge in [-0.25, -0.2) is 9.97 Å². The van der Waals surface area contributed by atoms with Crippen LogP contribution in [-0.2, 0) is 0 Å². The van der Waals surface area contributed by atoms with Gasteiger partial charge in [-0.3, -0.25) is 0 Å². The minimum Gasteiger partial charge on any atom is -0.457 e. The molecule has 3 aromatic carbocycles. The van der Waals surface area contributed by atoms with Gasteiger partial charge in [-0.15, -0.1) is 0 Å². The number of fused-ring (bicyclic) bond motifs is 1. The Labute approximate surface area is 162 Å². The fourth-order valence-corrected chi connectivity index (χ4v) is 3.16. The number of imidazole rings is 1. The zero-order valence-corrected chi connectivity index (χ0v) is 15.1. The maximum Gasteiger partial charge on any atom is 0.127 e. The summed E-state index contributed by atoms with van der Waals surface area (Å²) in [5, 5.41) is 1.10. The van der Waals surface area contributed by atoms with Crippen LogP contribution in [0.2, 0.25) is 0 Å². The Balaban J connectivity index is 1.42. The first-order chi connectivity index (χ1) is 13.8. The number of pyridine rings is 1. The summed E-state index contributed by atoms with van der Waals surface area (Å²) >= 11 is 0. The van der Waals surface area contributed by atoms with Crippen molar-refractivity contribution in [3.63, 3.8) is 0 Å². The third-order valence-corrected chi connectivity index (χ3v) is 4.60. The lowest BCUT2D eigenvalue weighted by Gasteiger charge is -2.08. The Morgan fingerprint density at radius 2 is 1.57 bits per heavy atom. The van der Waals surface area contributed by atoms with Crippen molar-refractivity contribution in [3.05, 3.63) is 104 Å². The van der Waals surface area contributed by atoms with E-state index in [4.69, 9.17) is 9.72 Å². The molecule has 5 aromatic rings. The van der Waals surface area contributed by atoms with Gasteiger partial charge in [0.25, 0.3) is 0 Å². The Morgan fingerprint density at radius 3 is 2.36 bits per heavy atom. The number of hydrogen-bond donors (Lipinski definition) is 0. The van der Waals surface area contributed by atoms with Gasteiger partial charge in [0.1, 0.15) is 11.5 Å². The van der Waals surface area contributed by atoms with Crippen LogP contribution in [0.3, 0.4) is 0 Å². The highest BCUT2D eigenvalue weighted by Gasteiger charge is 2.05. The van der Waals surface area contributed by atoms with Crippen molar-refractivity contribution in [3.8, 4) is 28.4 Å². The molecular formula is C24H17N3O. The van der Waals surface area contributed by atoms with E-state index in [9.17, 15) is 0 Å². The predicted molar refractivity (Wildman–Crippen MR) is 111 cm³/mol. The summed E-state index contributed by atoms with van der Waals surface area (Å²) < 4.78 is 7.85. The molecule has 4 nitrogen and oxygen atoms in total. The molecule has 0 saturated heterocycles. The number of rotatable bonds is 4. The summed E-state index contributed by atoms with van der Waals surface area (Å²) in [5.41, 5.74) is 4.03. The minimum absolute atomic E-state index is 0.806. The number of nitrogens with zero attached hydrogens (tertiary/aromatic N) is 3. The molecule has 2 aromatic heterocycles. The first-order valence-corrected chi connectivity index (χ1v) is 9.08. The lowest BCUT2D eigenvalue weighted by molar-refractivity contribution is 0.483. The van der Waals surface area contributed by atoms with Gasteiger partial charge >= 0.3 is 0 Å². The smallest absolute Gasteiger partial charge is 0.127 e. The largest absolute Gasteiger partial charge is 0.457 e. The lowest BCUT2D eigenvalue weighted by Crippen LogP contribution is -1.91. The SMILES string of the molecule is c1ccc(Oc2ccc(-c3ccc4cc(-n5ccnc5)ccc4n3)cc2)cc1. The molecule has 0 amide bonds. The second kappa shape index (κ2) is 7.00. The second-order valence-electron chi connectivity index (χ2n) is 6.48. The van der Waals surface area contributed by atoms with Crippen LogP contribution in [0.4, 0.5) is 0 Å². The first kappa shape index (κ1) is 16.3. The Hall–Kier alpha value is -3.92. The lowest BCUT2D eigenvalue weighted by atomic mass is 10.1. The van der Waals surface area contributed by atoms with E-state index >= 15 is 0 Å². The maximum atomic E-state index is 5.86. The van der Waals surface area contributed by atoms with E-state index < -0.39 is 0 Å². The topological polar surface area (TPSA) is 39.9 Å². The molecule has 134 valence electrons. The van der Waals surface area contributed by atoms with Crippen molar-refractivity contribution in [1.29, 1.82) is 0 Å². The van der Waals surface area contributed by atoms with Crippen LogP contribution < -0.4 is 4.74 Å². The predicted octanol–water partition coefficient (Wildman–Crippen LogP) is 5.88. The first-order valence-electron chi connectivity index (χ1n) is 9.08. The van der Waals surface area contributed by atoms with Crippen molar-refractivity contribution in [1.82, 2.24) is 14.5 Å². The fourth-order valence-electron chi connectivity index (χ4n) is 3.16. The number of benzene rings is 3. The molecule has 0 unspecified atom stereocenters. The van der Waals surface area contributed by atoms with Crippen LogP contribution in [0.15, 0.2) is 104 Å². The maximum absolute atomic E-state index is 5.86. The van der Waals surface area contributed by atoms with Crippen LogP contribution in [0.25, 0.3) is 27.8 Å². The van der Waals surface area contributed by atoms with Crippen LogP contribution in [-0.4, -0.2) is 14.5 Å². The van der Waals surface area contributed by atoms with E-state index in [1.165, 1.54) is 0 Å². The zero-order valence-electron chi connectivity index (χ0n) is 15.1. The minimum atomic E-state index is 0.806. The summed E-state index contributed by atoms with van der Waals surface area (Å²) in [6.45, 7) is 0. The van der Waals surface area contributed by atoms with Crippen LogP contribution in [0, 0.1) is 0 Å². The van der Waals surface area contributed by atoms with Crippen LogP contribution in [0.5, 0.6) is 11.5 Å². The molecule has 5 rings (SSSR count). The second-order valence-corrected chi connectivity index (χ2v) is 6.48. The average Bonchev–Trinajstić information content (AvgIpc) is 3.29. The van der Waals surface area contributed by atoms with Gasteiger partial charge in [0.15, 0.2) is 0 Å². The molecule has 0 aliphatic rings. The number of ether oxygens (including phenoxy) is 1. The summed E-state index contributed by atoms with van der Waals surface area (Å²) in [5.74, 6) is 1.63.